The van der Waals surface area contributed by atoms with Gasteiger partial charge in [0, 0.05) is 12.0 Å². The third-order valence-electron chi connectivity index (χ3n) is 2.82. The number of halogens is 2. The van der Waals surface area contributed by atoms with Crippen molar-refractivity contribution in [2.75, 3.05) is 0 Å². The third kappa shape index (κ3) is 5.18. The first kappa shape index (κ1) is 16.6. The Bertz CT molecular complexity index is 570. The van der Waals surface area contributed by atoms with Crippen molar-refractivity contribution >= 4 is 11.9 Å². The molecule has 0 aliphatic carbocycles. The van der Waals surface area contributed by atoms with E-state index in [1.54, 1.807) is 0 Å². The van der Waals surface area contributed by atoms with Crippen molar-refractivity contribution in [1.82, 2.24) is 5.32 Å². The molecule has 1 aromatic carbocycles. The van der Waals surface area contributed by atoms with Crippen molar-refractivity contribution < 1.29 is 23.5 Å². The summed E-state index contributed by atoms with van der Waals surface area (Å²) in [5, 5.41) is 19.6. The minimum atomic E-state index is -1.22. The van der Waals surface area contributed by atoms with Crippen LogP contribution in [0.3, 0.4) is 0 Å². The molecule has 0 saturated carbocycles. The van der Waals surface area contributed by atoms with E-state index >= 15 is 0 Å². The Morgan fingerprint density at radius 1 is 1.29 bits per heavy atom. The van der Waals surface area contributed by atoms with Crippen LogP contribution in [0.1, 0.15) is 36.0 Å². The maximum atomic E-state index is 13.0. The normalized spacial score (nSPS) is 11.5. The van der Waals surface area contributed by atoms with Gasteiger partial charge in [0.05, 0.1) is 6.07 Å². The molecule has 0 aromatic heterocycles. The number of hydrogen-bond donors (Lipinski definition) is 2. The van der Waals surface area contributed by atoms with Crippen molar-refractivity contribution in [1.29, 1.82) is 5.26 Å². The minimum absolute atomic E-state index is 0.155. The zero-order chi connectivity index (χ0) is 15.8. The Hall–Kier alpha value is -2.49. The Morgan fingerprint density at radius 3 is 2.57 bits per heavy atom. The number of rotatable bonds is 7. The highest BCUT2D eigenvalue weighted by Gasteiger charge is 2.20. The molecule has 0 bridgehead atoms. The standard InChI is InChI=1S/C14H14F2N2O3/c15-10-6-5-9(8-11(10)16)13(19)18-12(14(20)21)4-2-1-3-7-17/h5-6,8,12H,1-4H2,(H,18,19)(H,20,21)/t12-/m0/s1. The number of hydrogen-bond acceptors (Lipinski definition) is 3. The van der Waals surface area contributed by atoms with E-state index in [2.05, 4.69) is 5.32 Å². The van der Waals surface area contributed by atoms with Gasteiger partial charge in [-0.2, -0.15) is 5.26 Å². The van der Waals surface area contributed by atoms with Crippen LogP contribution in [0.5, 0.6) is 0 Å². The zero-order valence-corrected chi connectivity index (χ0v) is 11.1. The molecule has 0 unspecified atom stereocenters. The molecule has 1 amide bonds. The Labute approximate surface area is 120 Å². The van der Waals surface area contributed by atoms with Crippen LogP contribution < -0.4 is 5.32 Å². The van der Waals surface area contributed by atoms with Gasteiger partial charge in [0.1, 0.15) is 6.04 Å². The van der Waals surface area contributed by atoms with Gasteiger partial charge in [0.15, 0.2) is 11.6 Å². The fourth-order valence-electron chi connectivity index (χ4n) is 1.69. The van der Waals surface area contributed by atoms with Crippen molar-refractivity contribution in [3.05, 3.63) is 35.4 Å². The van der Waals surface area contributed by atoms with Crippen LogP contribution in [0, 0.1) is 23.0 Å². The second-order valence-corrected chi connectivity index (χ2v) is 4.40. The van der Waals surface area contributed by atoms with E-state index in [4.69, 9.17) is 10.4 Å². The van der Waals surface area contributed by atoms with Crippen LogP contribution in [-0.4, -0.2) is 23.0 Å². The van der Waals surface area contributed by atoms with Crippen molar-refractivity contribution in [3.63, 3.8) is 0 Å². The molecule has 0 heterocycles. The van der Waals surface area contributed by atoms with Gasteiger partial charge in [-0.1, -0.05) is 0 Å². The monoisotopic (exact) mass is 296 g/mol. The summed E-state index contributed by atoms with van der Waals surface area (Å²) in [6, 6.07) is 3.38. The van der Waals surface area contributed by atoms with Crippen molar-refractivity contribution in [3.8, 4) is 6.07 Å². The number of nitrogens with zero attached hydrogens (tertiary/aromatic N) is 1. The molecular weight excluding hydrogens is 282 g/mol. The van der Waals surface area contributed by atoms with Gasteiger partial charge in [-0.3, -0.25) is 4.79 Å². The van der Waals surface area contributed by atoms with E-state index in [0.717, 1.165) is 12.1 Å². The summed E-state index contributed by atoms with van der Waals surface area (Å²) >= 11 is 0. The third-order valence-corrected chi connectivity index (χ3v) is 2.82. The van der Waals surface area contributed by atoms with Crippen molar-refractivity contribution in [2.24, 2.45) is 0 Å². The number of amides is 1. The van der Waals surface area contributed by atoms with E-state index in [9.17, 15) is 18.4 Å². The van der Waals surface area contributed by atoms with Gasteiger partial charge >= 0.3 is 5.97 Å². The Morgan fingerprint density at radius 2 is 2.00 bits per heavy atom. The molecule has 1 rings (SSSR count). The lowest BCUT2D eigenvalue weighted by atomic mass is 10.1. The van der Waals surface area contributed by atoms with Gasteiger partial charge in [-0.15, -0.1) is 0 Å². The van der Waals surface area contributed by atoms with Gasteiger partial charge in [0.2, 0.25) is 0 Å². The number of aliphatic carboxylic acids is 1. The van der Waals surface area contributed by atoms with E-state index < -0.39 is 29.6 Å². The topological polar surface area (TPSA) is 90.2 Å². The lowest BCUT2D eigenvalue weighted by molar-refractivity contribution is -0.139. The Balaban J connectivity index is 2.65. The van der Waals surface area contributed by atoms with Crippen molar-refractivity contribution in [2.45, 2.75) is 31.7 Å². The number of carboxylic acids is 1. The molecule has 0 aliphatic heterocycles. The van der Waals surface area contributed by atoms with Crippen LogP contribution in [0.25, 0.3) is 0 Å². The second-order valence-electron chi connectivity index (χ2n) is 4.40. The van der Waals surface area contributed by atoms with Crippen LogP contribution in [0.4, 0.5) is 8.78 Å². The SMILES string of the molecule is N#CCCCC[C@H](NC(=O)c1ccc(F)c(F)c1)C(=O)O. The van der Waals surface area contributed by atoms with Gasteiger partial charge < -0.3 is 10.4 Å². The molecule has 0 spiro atoms. The summed E-state index contributed by atoms with van der Waals surface area (Å²) < 4.78 is 25.8. The molecule has 1 atom stereocenters. The highest BCUT2D eigenvalue weighted by molar-refractivity contribution is 5.96. The molecular formula is C14H14F2N2O3. The molecule has 1 aromatic rings. The fourth-order valence-corrected chi connectivity index (χ4v) is 1.69. The van der Waals surface area contributed by atoms with Crippen LogP contribution in [-0.2, 0) is 4.79 Å². The van der Waals surface area contributed by atoms with Gasteiger partial charge in [-0.05, 0) is 37.5 Å². The molecule has 7 heteroatoms. The number of nitrogens with one attached hydrogen (secondary N) is 1. The predicted molar refractivity (Wildman–Crippen MR) is 69.3 cm³/mol. The summed E-state index contributed by atoms with van der Waals surface area (Å²) in [5.41, 5.74) is -0.155. The summed E-state index contributed by atoms with van der Waals surface area (Å²) in [7, 11) is 0. The predicted octanol–water partition coefficient (Wildman–Crippen LogP) is 2.23. The number of carboxylic acid groups (broad SMARTS) is 1. The maximum Gasteiger partial charge on any atom is 0.326 e. The van der Waals surface area contributed by atoms with E-state index in [1.807, 2.05) is 6.07 Å². The fraction of sp³-hybridized carbons (Fsp3) is 0.357. The molecule has 0 aliphatic rings. The summed E-state index contributed by atoms with van der Waals surface area (Å²) in [6.07, 6.45) is 1.46. The molecule has 2 N–H and O–H groups in total. The number of carbonyl (C=O) groups excluding carboxylic acids is 1. The van der Waals surface area contributed by atoms with Crippen LogP contribution in [0.15, 0.2) is 18.2 Å². The first-order chi connectivity index (χ1) is 9.95. The number of carbonyl (C=O) groups is 2. The first-order valence-corrected chi connectivity index (χ1v) is 6.31. The molecule has 0 saturated heterocycles. The molecule has 112 valence electrons. The Kier molecular flexibility index (Phi) is 6.27. The minimum Gasteiger partial charge on any atom is -0.480 e. The molecule has 0 fully saturated rings. The average Bonchev–Trinajstić information content (AvgIpc) is 2.44. The van der Waals surface area contributed by atoms with Crippen LogP contribution >= 0.6 is 0 Å². The first-order valence-electron chi connectivity index (χ1n) is 6.31. The average molecular weight is 296 g/mol. The lowest BCUT2D eigenvalue weighted by Gasteiger charge is -2.14. The molecule has 0 radical (unpaired) electrons. The highest BCUT2D eigenvalue weighted by Crippen LogP contribution is 2.10. The second kappa shape index (κ2) is 7.94. The summed E-state index contributed by atoms with van der Waals surface area (Å²) in [4.78, 5) is 22.8. The maximum absolute atomic E-state index is 13.0. The lowest BCUT2D eigenvalue weighted by Crippen LogP contribution is -2.40. The number of unbranched alkanes of at least 4 members (excludes halogenated alkanes) is 2. The van der Waals surface area contributed by atoms with Gasteiger partial charge in [0.25, 0.3) is 5.91 Å². The summed E-state index contributed by atoms with van der Waals surface area (Å²) in [6.45, 7) is 0. The summed E-state index contributed by atoms with van der Waals surface area (Å²) in [5.74, 6) is -4.27. The van der Waals surface area contributed by atoms with Crippen LogP contribution in [0.2, 0.25) is 0 Å². The van der Waals surface area contributed by atoms with E-state index in [1.165, 1.54) is 0 Å². The zero-order valence-electron chi connectivity index (χ0n) is 11.1. The van der Waals surface area contributed by atoms with E-state index in [-0.39, 0.29) is 12.0 Å². The molecule has 21 heavy (non-hydrogen) atoms. The van der Waals surface area contributed by atoms with Gasteiger partial charge in [-0.25, -0.2) is 13.6 Å². The quantitative estimate of drug-likeness (QED) is 0.755. The number of nitriles is 1. The van der Waals surface area contributed by atoms with E-state index in [0.29, 0.717) is 25.3 Å². The smallest absolute Gasteiger partial charge is 0.326 e. The molecule has 5 nitrogen and oxygen atoms in total. The highest BCUT2D eigenvalue weighted by atomic mass is 19.2. The number of benzene rings is 1. The largest absolute Gasteiger partial charge is 0.480 e.